The van der Waals surface area contributed by atoms with Crippen LogP contribution in [0.15, 0.2) is 54.6 Å². The zero-order valence-electron chi connectivity index (χ0n) is 11.0. The molecule has 0 fully saturated rings. The second-order valence-electron chi connectivity index (χ2n) is 4.56. The molecular weight excluding hydrogens is 254 g/mol. The van der Waals surface area contributed by atoms with E-state index in [-0.39, 0.29) is 24.7 Å². The van der Waals surface area contributed by atoms with E-state index in [0.29, 0.717) is 0 Å². The molecule has 3 N–H and O–H groups in total. The van der Waals surface area contributed by atoms with Crippen LogP contribution in [0.4, 0.5) is 0 Å². The molecular formula is C16H17NO3. The summed E-state index contributed by atoms with van der Waals surface area (Å²) in [6.45, 7) is -0.147. The molecule has 1 atom stereocenters. The highest BCUT2D eigenvalue weighted by molar-refractivity contribution is 5.79. The van der Waals surface area contributed by atoms with Crippen LogP contribution in [-0.4, -0.2) is 22.7 Å². The Morgan fingerprint density at radius 2 is 1.70 bits per heavy atom. The average molecular weight is 271 g/mol. The molecule has 2 aromatic rings. The van der Waals surface area contributed by atoms with Crippen molar-refractivity contribution in [2.24, 2.45) is 0 Å². The average Bonchev–Trinajstić information content (AvgIpc) is 2.48. The summed E-state index contributed by atoms with van der Waals surface area (Å²) in [7, 11) is 0. The summed E-state index contributed by atoms with van der Waals surface area (Å²) in [5.74, 6) is 0.00488. The van der Waals surface area contributed by atoms with Gasteiger partial charge in [0.1, 0.15) is 5.75 Å². The largest absolute Gasteiger partial charge is 0.508 e. The molecule has 104 valence electrons. The van der Waals surface area contributed by atoms with Crippen molar-refractivity contribution in [2.45, 2.75) is 12.5 Å². The Morgan fingerprint density at radius 1 is 1.05 bits per heavy atom. The molecule has 0 aliphatic carbocycles. The number of carbonyl (C=O) groups excluding carboxylic acids is 1. The minimum atomic E-state index is -0.402. The topological polar surface area (TPSA) is 69.6 Å². The van der Waals surface area contributed by atoms with Crippen molar-refractivity contribution >= 4 is 5.91 Å². The maximum Gasteiger partial charge on any atom is 0.224 e. The molecule has 4 heteroatoms. The van der Waals surface area contributed by atoms with E-state index in [2.05, 4.69) is 5.32 Å². The molecule has 0 aliphatic heterocycles. The predicted octanol–water partition coefficient (Wildman–Crippen LogP) is 1.78. The van der Waals surface area contributed by atoms with Gasteiger partial charge in [-0.3, -0.25) is 4.79 Å². The highest BCUT2D eigenvalue weighted by Gasteiger charge is 2.13. The minimum absolute atomic E-state index is 0.147. The zero-order chi connectivity index (χ0) is 14.4. The fraction of sp³-hybridized carbons (Fsp3) is 0.188. The zero-order valence-corrected chi connectivity index (χ0v) is 11.0. The number of nitrogens with one attached hydrogen (secondary N) is 1. The third-order valence-corrected chi connectivity index (χ3v) is 3.02. The molecule has 0 heterocycles. The minimum Gasteiger partial charge on any atom is -0.508 e. The molecule has 0 radical (unpaired) electrons. The van der Waals surface area contributed by atoms with Crippen LogP contribution in [0.2, 0.25) is 0 Å². The number of benzene rings is 2. The van der Waals surface area contributed by atoms with E-state index in [1.165, 1.54) is 0 Å². The van der Waals surface area contributed by atoms with Crippen molar-refractivity contribution in [1.29, 1.82) is 0 Å². The second-order valence-corrected chi connectivity index (χ2v) is 4.56. The summed E-state index contributed by atoms with van der Waals surface area (Å²) in [6, 6.07) is 15.4. The molecule has 2 aromatic carbocycles. The van der Waals surface area contributed by atoms with Gasteiger partial charge in [-0.1, -0.05) is 42.5 Å². The number of phenols is 1. The van der Waals surface area contributed by atoms with Gasteiger partial charge >= 0.3 is 0 Å². The van der Waals surface area contributed by atoms with E-state index in [0.717, 1.165) is 11.1 Å². The van der Waals surface area contributed by atoms with E-state index in [9.17, 15) is 15.0 Å². The summed E-state index contributed by atoms with van der Waals surface area (Å²) in [5.41, 5.74) is 1.68. The van der Waals surface area contributed by atoms with E-state index < -0.39 is 6.04 Å². The molecule has 4 nitrogen and oxygen atoms in total. The van der Waals surface area contributed by atoms with Gasteiger partial charge in [-0.15, -0.1) is 0 Å². The molecule has 0 bridgehead atoms. The lowest BCUT2D eigenvalue weighted by Crippen LogP contribution is -2.31. The van der Waals surface area contributed by atoms with Crippen LogP contribution in [0.3, 0.4) is 0 Å². The van der Waals surface area contributed by atoms with Crippen molar-refractivity contribution in [3.05, 3.63) is 65.7 Å². The van der Waals surface area contributed by atoms with Gasteiger partial charge in [0, 0.05) is 0 Å². The molecule has 0 saturated heterocycles. The number of hydrogen-bond donors (Lipinski definition) is 3. The molecule has 0 unspecified atom stereocenters. The van der Waals surface area contributed by atoms with Crippen LogP contribution in [0.5, 0.6) is 5.75 Å². The van der Waals surface area contributed by atoms with Gasteiger partial charge in [0.15, 0.2) is 0 Å². The molecule has 0 aliphatic rings. The van der Waals surface area contributed by atoms with E-state index >= 15 is 0 Å². The SMILES string of the molecule is O=C(Cc1ccc(O)cc1)N[C@@H](CO)c1ccccc1. The first-order chi connectivity index (χ1) is 9.69. The van der Waals surface area contributed by atoms with Gasteiger partial charge in [-0.2, -0.15) is 0 Å². The van der Waals surface area contributed by atoms with Crippen LogP contribution in [0, 0.1) is 0 Å². The van der Waals surface area contributed by atoms with Crippen molar-refractivity contribution < 1.29 is 15.0 Å². The summed E-state index contributed by atoms with van der Waals surface area (Å²) in [5, 5.41) is 21.4. The summed E-state index contributed by atoms with van der Waals surface area (Å²) < 4.78 is 0. The number of carbonyl (C=O) groups is 1. The van der Waals surface area contributed by atoms with Crippen LogP contribution in [-0.2, 0) is 11.2 Å². The van der Waals surface area contributed by atoms with Crippen molar-refractivity contribution in [3.8, 4) is 5.75 Å². The monoisotopic (exact) mass is 271 g/mol. The van der Waals surface area contributed by atoms with Gasteiger partial charge in [0.05, 0.1) is 19.1 Å². The van der Waals surface area contributed by atoms with Gasteiger partial charge in [0.25, 0.3) is 0 Å². The Kier molecular flexibility index (Phi) is 4.74. The van der Waals surface area contributed by atoms with E-state index in [1.807, 2.05) is 30.3 Å². The first-order valence-corrected chi connectivity index (χ1v) is 6.42. The normalized spacial score (nSPS) is 11.8. The highest BCUT2D eigenvalue weighted by atomic mass is 16.3. The van der Waals surface area contributed by atoms with Crippen LogP contribution < -0.4 is 5.32 Å². The smallest absolute Gasteiger partial charge is 0.224 e. The summed E-state index contributed by atoms with van der Waals surface area (Å²) >= 11 is 0. The van der Waals surface area contributed by atoms with Gasteiger partial charge in [0.2, 0.25) is 5.91 Å². The highest BCUT2D eigenvalue weighted by Crippen LogP contribution is 2.13. The standard InChI is InChI=1S/C16H17NO3/c18-11-15(13-4-2-1-3-5-13)17-16(20)10-12-6-8-14(19)9-7-12/h1-9,15,18-19H,10-11H2,(H,17,20)/t15-/m0/s1. The number of amides is 1. The second kappa shape index (κ2) is 6.73. The Balaban J connectivity index is 1.97. The number of aromatic hydroxyl groups is 1. The number of aliphatic hydroxyl groups is 1. The lowest BCUT2D eigenvalue weighted by Gasteiger charge is -2.16. The predicted molar refractivity (Wildman–Crippen MR) is 76.2 cm³/mol. The lowest BCUT2D eigenvalue weighted by atomic mass is 10.1. The Hall–Kier alpha value is -2.33. The van der Waals surface area contributed by atoms with Crippen molar-refractivity contribution in [1.82, 2.24) is 5.32 Å². The molecule has 0 spiro atoms. The Bertz CT molecular complexity index is 552. The fourth-order valence-corrected chi connectivity index (χ4v) is 1.96. The van der Waals surface area contributed by atoms with Crippen LogP contribution in [0.1, 0.15) is 17.2 Å². The van der Waals surface area contributed by atoms with Gasteiger partial charge in [-0.25, -0.2) is 0 Å². The van der Waals surface area contributed by atoms with Crippen LogP contribution in [0.25, 0.3) is 0 Å². The number of aliphatic hydroxyl groups excluding tert-OH is 1. The maximum atomic E-state index is 12.0. The Morgan fingerprint density at radius 3 is 2.30 bits per heavy atom. The number of rotatable bonds is 5. The summed E-state index contributed by atoms with van der Waals surface area (Å²) in [4.78, 5) is 12.0. The first-order valence-electron chi connectivity index (χ1n) is 6.42. The third kappa shape index (κ3) is 3.83. The van der Waals surface area contributed by atoms with Crippen molar-refractivity contribution in [2.75, 3.05) is 6.61 Å². The maximum absolute atomic E-state index is 12.0. The quantitative estimate of drug-likeness (QED) is 0.776. The van der Waals surface area contributed by atoms with Crippen molar-refractivity contribution in [3.63, 3.8) is 0 Å². The Labute approximate surface area is 117 Å². The fourth-order valence-electron chi connectivity index (χ4n) is 1.96. The summed E-state index contributed by atoms with van der Waals surface area (Å²) in [6.07, 6.45) is 0.212. The molecule has 20 heavy (non-hydrogen) atoms. The molecule has 0 saturated carbocycles. The number of phenolic OH excluding ortho intramolecular Hbond substituents is 1. The lowest BCUT2D eigenvalue weighted by molar-refractivity contribution is -0.121. The molecule has 2 rings (SSSR count). The van der Waals surface area contributed by atoms with E-state index in [1.54, 1.807) is 24.3 Å². The van der Waals surface area contributed by atoms with Crippen LogP contribution >= 0.6 is 0 Å². The van der Waals surface area contributed by atoms with Gasteiger partial charge < -0.3 is 15.5 Å². The van der Waals surface area contributed by atoms with E-state index in [4.69, 9.17) is 0 Å². The molecule has 0 aromatic heterocycles. The third-order valence-electron chi connectivity index (χ3n) is 3.02. The number of hydrogen-bond acceptors (Lipinski definition) is 3. The molecule has 1 amide bonds. The first kappa shape index (κ1) is 14.1. The van der Waals surface area contributed by atoms with Gasteiger partial charge in [-0.05, 0) is 23.3 Å².